The predicted molar refractivity (Wildman–Crippen MR) is 74.5 cm³/mol. The van der Waals surface area contributed by atoms with Gasteiger partial charge in [-0.05, 0) is 49.7 Å². The second kappa shape index (κ2) is 5.79. The van der Waals surface area contributed by atoms with E-state index in [2.05, 4.69) is 6.92 Å². The van der Waals surface area contributed by atoms with Crippen LogP contribution >= 0.6 is 0 Å². The summed E-state index contributed by atoms with van der Waals surface area (Å²) in [4.78, 5) is 21.8. The van der Waals surface area contributed by atoms with Crippen LogP contribution in [0.3, 0.4) is 0 Å². The van der Waals surface area contributed by atoms with Crippen LogP contribution in [0, 0.1) is 27.3 Å². The molecule has 1 saturated carbocycles. The molecule has 1 aromatic rings. The summed E-state index contributed by atoms with van der Waals surface area (Å²) in [5.74, 6) is -1.12. The van der Waals surface area contributed by atoms with Gasteiger partial charge in [0.15, 0.2) is 0 Å². The van der Waals surface area contributed by atoms with E-state index in [4.69, 9.17) is 0 Å². The van der Waals surface area contributed by atoms with Crippen LogP contribution in [0.5, 0.6) is 0 Å². The monoisotopic (exact) mass is 295 g/mol. The van der Waals surface area contributed by atoms with Crippen LogP contribution in [0.25, 0.3) is 0 Å². The minimum atomic E-state index is -0.936. The van der Waals surface area contributed by atoms with E-state index in [1.54, 1.807) is 0 Å². The largest absolute Gasteiger partial charge is 0.481 e. The number of rotatable bonds is 4. The van der Waals surface area contributed by atoms with Crippen molar-refractivity contribution in [3.05, 3.63) is 39.7 Å². The summed E-state index contributed by atoms with van der Waals surface area (Å²) in [6.07, 6.45) is 2.79. The standard InChI is InChI=1S/C15H18FNO4/c1-10-2-4-15(5-3-10,14(18)19)9-11-6-12(16)8-13(7-11)17(20)21/h6-8,10H,2-5,9H2,1H3,(H,18,19). The first kappa shape index (κ1) is 15.4. The molecule has 6 heteroatoms. The van der Waals surface area contributed by atoms with Gasteiger partial charge in [0.1, 0.15) is 5.82 Å². The summed E-state index contributed by atoms with van der Waals surface area (Å²) in [6.45, 7) is 2.08. The SMILES string of the molecule is CC1CCC(Cc2cc(F)cc([N+](=O)[O-])c2)(C(=O)O)CC1. The first-order valence-electron chi connectivity index (χ1n) is 7.00. The fourth-order valence-electron chi connectivity index (χ4n) is 3.01. The van der Waals surface area contributed by atoms with Crippen LogP contribution in [-0.2, 0) is 11.2 Å². The van der Waals surface area contributed by atoms with E-state index in [9.17, 15) is 24.4 Å². The molecular formula is C15H18FNO4. The lowest BCUT2D eigenvalue weighted by Gasteiger charge is -2.35. The number of non-ortho nitro benzene ring substituents is 1. The Labute approximate surface area is 121 Å². The van der Waals surface area contributed by atoms with Gasteiger partial charge in [0.05, 0.1) is 16.4 Å². The van der Waals surface area contributed by atoms with E-state index < -0.39 is 22.1 Å². The van der Waals surface area contributed by atoms with Crippen molar-refractivity contribution in [3.63, 3.8) is 0 Å². The maximum absolute atomic E-state index is 13.5. The molecule has 1 aromatic carbocycles. The van der Waals surface area contributed by atoms with Crippen LogP contribution in [0.4, 0.5) is 10.1 Å². The van der Waals surface area contributed by atoms with E-state index in [0.717, 1.165) is 18.9 Å². The Hall–Kier alpha value is -1.98. The summed E-state index contributed by atoms with van der Waals surface area (Å²) in [6, 6.07) is 3.31. The van der Waals surface area contributed by atoms with Gasteiger partial charge in [0.2, 0.25) is 0 Å². The topological polar surface area (TPSA) is 80.4 Å². The van der Waals surface area contributed by atoms with Gasteiger partial charge in [-0.25, -0.2) is 4.39 Å². The number of benzene rings is 1. The van der Waals surface area contributed by atoms with E-state index in [0.29, 0.717) is 24.3 Å². The lowest BCUT2D eigenvalue weighted by molar-refractivity contribution is -0.385. The van der Waals surface area contributed by atoms with E-state index >= 15 is 0 Å². The minimum Gasteiger partial charge on any atom is -0.481 e. The van der Waals surface area contributed by atoms with E-state index in [1.165, 1.54) is 12.1 Å². The average molecular weight is 295 g/mol. The maximum atomic E-state index is 13.5. The molecule has 0 spiro atoms. The zero-order valence-electron chi connectivity index (χ0n) is 11.8. The lowest BCUT2D eigenvalue weighted by Crippen LogP contribution is -2.37. The number of halogens is 1. The molecular weight excluding hydrogens is 277 g/mol. The highest BCUT2D eigenvalue weighted by molar-refractivity contribution is 5.75. The molecule has 2 rings (SSSR count). The molecule has 0 atom stereocenters. The molecule has 0 bridgehead atoms. The van der Waals surface area contributed by atoms with Gasteiger partial charge in [-0.15, -0.1) is 0 Å². The molecule has 0 amide bonds. The predicted octanol–water partition coefficient (Wildman–Crippen LogP) is 3.56. The highest BCUT2D eigenvalue weighted by Gasteiger charge is 2.41. The smallest absolute Gasteiger partial charge is 0.309 e. The molecule has 0 saturated heterocycles. The highest BCUT2D eigenvalue weighted by Crippen LogP contribution is 2.42. The first-order chi connectivity index (χ1) is 9.82. The van der Waals surface area contributed by atoms with Crippen molar-refractivity contribution in [1.29, 1.82) is 0 Å². The molecule has 0 unspecified atom stereocenters. The number of carbonyl (C=O) groups is 1. The van der Waals surface area contributed by atoms with Gasteiger partial charge in [-0.3, -0.25) is 14.9 Å². The van der Waals surface area contributed by atoms with Crippen LogP contribution in [0.15, 0.2) is 18.2 Å². The van der Waals surface area contributed by atoms with Gasteiger partial charge in [0.25, 0.3) is 5.69 Å². The van der Waals surface area contributed by atoms with Crippen LogP contribution in [0.1, 0.15) is 38.2 Å². The third-order valence-corrected chi connectivity index (χ3v) is 4.38. The third kappa shape index (κ3) is 3.37. The molecule has 1 fully saturated rings. The summed E-state index contributed by atoms with van der Waals surface area (Å²) < 4.78 is 13.5. The number of hydrogen-bond acceptors (Lipinski definition) is 3. The number of nitrogens with zero attached hydrogens (tertiary/aromatic N) is 1. The molecule has 1 N–H and O–H groups in total. The average Bonchev–Trinajstić information content (AvgIpc) is 2.40. The lowest BCUT2D eigenvalue weighted by atomic mass is 9.68. The fraction of sp³-hybridized carbons (Fsp3) is 0.533. The van der Waals surface area contributed by atoms with Gasteiger partial charge in [-0.1, -0.05) is 6.92 Å². The van der Waals surface area contributed by atoms with Crippen molar-refractivity contribution in [3.8, 4) is 0 Å². The Morgan fingerprint density at radius 2 is 2.05 bits per heavy atom. The van der Waals surface area contributed by atoms with Crippen LogP contribution in [0.2, 0.25) is 0 Å². The number of carboxylic acids is 1. The molecule has 0 radical (unpaired) electrons. The van der Waals surface area contributed by atoms with Gasteiger partial charge < -0.3 is 5.11 Å². The minimum absolute atomic E-state index is 0.133. The Balaban J connectivity index is 2.29. The van der Waals surface area contributed by atoms with Crippen LogP contribution < -0.4 is 0 Å². The Kier molecular flexibility index (Phi) is 4.25. The molecule has 0 aromatic heterocycles. The third-order valence-electron chi connectivity index (χ3n) is 4.38. The van der Waals surface area contributed by atoms with Gasteiger partial charge in [-0.2, -0.15) is 0 Å². The van der Waals surface area contributed by atoms with Crippen LogP contribution in [-0.4, -0.2) is 16.0 Å². The van der Waals surface area contributed by atoms with Crippen molar-refractivity contribution < 1.29 is 19.2 Å². The normalized spacial score (nSPS) is 25.5. The zero-order chi connectivity index (χ0) is 15.6. The molecule has 0 heterocycles. The molecule has 1 aliphatic carbocycles. The molecule has 5 nitrogen and oxygen atoms in total. The van der Waals surface area contributed by atoms with Gasteiger partial charge >= 0.3 is 5.97 Å². The number of hydrogen-bond donors (Lipinski definition) is 1. The fourth-order valence-corrected chi connectivity index (χ4v) is 3.01. The molecule has 21 heavy (non-hydrogen) atoms. The van der Waals surface area contributed by atoms with Crippen molar-refractivity contribution >= 4 is 11.7 Å². The van der Waals surface area contributed by atoms with E-state index in [-0.39, 0.29) is 12.1 Å². The first-order valence-corrected chi connectivity index (χ1v) is 7.00. The maximum Gasteiger partial charge on any atom is 0.309 e. The summed E-state index contributed by atoms with van der Waals surface area (Å²) in [5.41, 5.74) is -0.901. The second-order valence-corrected chi connectivity index (χ2v) is 6.02. The second-order valence-electron chi connectivity index (χ2n) is 6.02. The zero-order valence-corrected chi connectivity index (χ0v) is 11.8. The van der Waals surface area contributed by atoms with Crippen molar-refractivity contribution in [2.45, 2.75) is 39.0 Å². The number of nitro benzene ring substituents is 1. The number of aliphatic carboxylic acids is 1. The summed E-state index contributed by atoms with van der Waals surface area (Å²) in [5, 5.41) is 20.3. The molecule has 0 aliphatic heterocycles. The van der Waals surface area contributed by atoms with Gasteiger partial charge in [0, 0.05) is 6.07 Å². The Morgan fingerprint density at radius 3 is 2.57 bits per heavy atom. The Bertz CT molecular complexity index is 565. The Morgan fingerprint density at radius 1 is 1.43 bits per heavy atom. The molecule has 114 valence electrons. The number of carboxylic acid groups (broad SMARTS) is 1. The van der Waals surface area contributed by atoms with Crippen molar-refractivity contribution in [2.24, 2.45) is 11.3 Å². The summed E-state index contributed by atoms with van der Waals surface area (Å²) >= 11 is 0. The van der Waals surface area contributed by atoms with Crippen molar-refractivity contribution in [1.82, 2.24) is 0 Å². The summed E-state index contributed by atoms with van der Waals surface area (Å²) in [7, 11) is 0. The van der Waals surface area contributed by atoms with Crippen molar-refractivity contribution in [2.75, 3.05) is 0 Å². The number of nitro groups is 1. The quantitative estimate of drug-likeness (QED) is 0.680. The van der Waals surface area contributed by atoms with E-state index in [1.807, 2.05) is 0 Å². The highest BCUT2D eigenvalue weighted by atomic mass is 19.1. The molecule has 1 aliphatic rings.